The van der Waals surface area contributed by atoms with Gasteiger partial charge in [-0.15, -0.1) is 12.4 Å². The number of carbonyl (C=O) groups is 2. The molecule has 4 atom stereocenters. The molecule has 4 fully saturated rings. The molecule has 4 unspecified atom stereocenters. The Balaban J connectivity index is 0.000000153. The molecule has 500 valence electrons. The molecule has 0 amide bonds. The van der Waals surface area contributed by atoms with Gasteiger partial charge in [0.1, 0.15) is 47.1 Å². The van der Waals surface area contributed by atoms with Crippen LogP contribution in [0.25, 0.3) is 32.7 Å². The van der Waals surface area contributed by atoms with Crippen LogP contribution in [0.2, 0.25) is 0 Å². The Morgan fingerprint density at radius 1 is 0.500 bits per heavy atom. The minimum atomic E-state index is -3.97. The molecule has 9 aromatic rings. The van der Waals surface area contributed by atoms with Crippen molar-refractivity contribution in [2.75, 3.05) is 26.2 Å². The van der Waals surface area contributed by atoms with E-state index in [1.54, 1.807) is 77.6 Å². The number of hydrogen-bond acceptors (Lipinski definition) is 8. The number of sulfonamides is 3. The molecular weight excluding hydrogens is 1300 g/mol. The second-order valence-corrected chi connectivity index (χ2v) is 30.4. The SMILES string of the molecule is CCn1c(C)c(C2CC3CC2CC3NS(=O)(=O)c2ccc(F)cc2)c2cc(F)ccc21.Cc1c(C2CCN(S(=O)(=O)c3ccccc3)CC2)c2cc(F)ccc2n1CC(=O)O.Cc1ccc(S(=O)(=O)N2CCC(c3c(C)n(CC(=O)O)c4ccc(F)cc34)CC2)c(F)c1.Cl. The van der Waals surface area contributed by atoms with Gasteiger partial charge in [-0.3, -0.25) is 9.59 Å². The molecule has 25 heteroatoms. The van der Waals surface area contributed by atoms with Crippen molar-refractivity contribution in [2.24, 2.45) is 11.8 Å². The average Bonchev–Trinajstić information content (AvgIpc) is 1.58. The predicted molar refractivity (Wildman–Crippen MR) is 351 cm³/mol. The Hall–Kier alpha value is -7.45. The van der Waals surface area contributed by atoms with Crippen molar-refractivity contribution in [1.29, 1.82) is 0 Å². The summed E-state index contributed by atoms with van der Waals surface area (Å²) in [5.74, 6) is -3.31. The third-order valence-corrected chi connectivity index (χ3v) is 24.7. The Bertz CT molecular complexity index is 4700. The molecule has 3 aromatic heterocycles. The minimum Gasteiger partial charge on any atom is -0.480 e. The molecule has 94 heavy (non-hydrogen) atoms. The molecule has 0 radical (unpaired) electrons. The zero-order valence-corrected chi connectivity index (χ0v) is 55.7. The number of halogens is 6. The number of hydrogen-bond donors (Lipinski definition) is 3. The molecule has 2 aliphatic heterocycles. The van der Waals surface area contributed by atoms with Gasteiger partial charge in [0.2, 0.25) is 30.1 Å². The maximum Gasteiger partial charge on any atom is 0.323 e. The molecule has 4 aliphatic rings. The van der Waals surface area contributed by atoms with E-state index in [1.165, 1.54) is 74.5 Å². The van der Waals surface area contributed by atoms with Gasteiger partial charge < -0.3 is 23.9 Å². The van der Waals surface area contributed by atoms with E-state index >= 15 is 0 Å². The van der Waals surface area contributed by atoms with Crippen LogP contribution in [-0.4, -0.2) is 102 Å². The number of aliphatic carboxylic acids is 2. The van der Waals surface area contributed by atoms with E-state index in [0.29, 0.717) is 78.0 Å². The van der Waals surface area contributed by atoms with Gasteiger partial charge in [0.15, 0.2) is 0 Å². The number of piperidine rings is 2. The van der Waals surface area contributed by atoms with E-state index in [4.69, 9.17) is 0 Å². The third kappa shape index (κ3) is 13.7. The number of aryl methyl sites for hydroxylation is 2. The fourth-order valence-electron chi connectivity index (χ4n) is 15.1. The van der Waals surface area contributed by atoms with E-state index in [1.807, 2.05) is 13.0 Å². The smallest absolute Gasteiger partial charge is 0.323 e. The number of carboxylic acid groups (broad SMARTS) is 2. The van der Waals surface area contributed by atoms with Crippen molar-refractivity contribution < 1.29 is 67.0 Å². The Morgan fingerprint density at radius 2 is 0.947 bits per heavy atom. The fraction of sp³-hybridized carbons (Fsp3) is 0.362. The summed E-state index contributed by atoms with van der Waals surface area (Å²) in [5.41, 5.74) is 8.73. The average molecular weight is 1370 g/mol. The van der Waals surface area contributed by atoms with Crippen LogP contribution in [0.5, 0.6) is 0 Å². The number of benzene rings is 6. The maximum absolute atomic E-state index is 14.3. The molecule has 13 rings (SSSR count). The molecule has 2 bridgehead atoms. The van der Waals surface area contributed by atoms with E-state index in [2.05, 4.69) is 23.1 Å². The van der Waals surface area contributed by atoms with Crippen molar-refractivity contribution in [3.05, 3.63) is 196 Å². The summed E-state index contributed by atoms with van der Waals surface area (Å²) in [5, 5.41) is 20.9. The summed E-state index contributed by atoms with van der Waals surface area (Å²) >= 11 is 0. The van der Waals surface area contributed by atoms with Gasteiger partial charge in [0.05, 0.1) is 9.79 Å². The standard InChI is InChI=1S/C24H26F2N2O2S.C23H24F2N2O4S.C22H23FN2O4S.ClH/c1-3-28-14(2)24(21-13-18(26)6-9-23(21)28)20-11-16-10-15(20)12-22(16)27-31(29,30)19-7-4-17(25)5-8-19;1-14-3-6-21(19(25)11-14)32(30,31)26-9-7-16(8-10-26)23-15(2)27(13-22(28)29)20-5-4-17(24)12-18(20)23;1-15-22(19-13-17(23)7-8-20(19)25(15)14-21(26)27)16-9-11-24(12-10-16)30(28,29)18-5-3-2-4-6-18;/h4-9,13,15-16,20,22,27H,3,10-12H2,1-2H3;3-6,11-12,16H,7-10,13H2,1-2H3,(H,28,29);2-8,13,16H,9-12,14H2,1H3,(H,26,27);1H. The summed E-state index contributed by atoms with van der Waals surface area (Å²) in [6.07, 6.45) is 4.75. The molecule has 6 aromatic carbocycles. The van der Waals surface area contributed by atoms with Crippen molar-refractivity contribution in [2.45, 2.75) is 138 Å². The minimum absolute atomic E-state index is 0. The topological polar surface area (TPSA) is 210 Å². The normalized spacial score (nSPS) is 19.0. The first kappa shape index (κ1) is 69.4. The summed E-state index contributed by atoms with van der Waals surface area (Å²) < 4.78 is 158. The molecular formula is C69H74ClF5N6O10S3. The van der Waals surface area contributed by atoms with Gasteiger partial charge in [-0.1, -0.05) is 24.3 Å². The lowest BCUT2D eigenvalue weighted by Crippen LogP contribution is -2.39. The lowest BCUT2D eigenvalue weighted by molar-refractivity contribution is -0.138. The highest BCUT2D eigenvalue weighted by Gasteiger charge is 2.49. The highest BCUT2D eigenvalue weighted by Crippen LogP contribution is 2.55. The van der Waals surface area contributed by atoms with Crippen LogP contribution < -0.4 is 4.72 Å². The number of nitrogens with one attached hydrogen (secondary N) is 1. The van der Waals surface area contributed by atoms with Gasteiger partial charge in [-0.2, -0.15) is 8.61 Å². The molecule has 3 N–H and O–H groups in total. The molecule has 2 aliphatic carbocycles. The summed E-state index contributed by atoms with van der Waals surface area (Å²) in [6.45, 7) is 11.1. The quantitative estimate of drug-likeness (QED) is 0.0827. The first-order chi connectivity index (χ1) is 44.2. The second-order valence-electron chi connectivity index (χ2n) is 24.8. The molecule has 16 nitrogen and oxygen atoms in total. The third-order valence-electron chi connectivity index (χ3n) is 19.4. The Morgan fingerprint density at radius 3 is 1.39 bits per heavy atom. The van der Waals surface area contributed by atoms with Gasteiger partial charge in [0.25, 0.3) is 0 Å². The molecule has 5 heterocycles. The zero-order chi connectivity index (χ0) is 66.6. The van der Waals surface area contributed by atoms with E-state index in [9.17, 15) is 67.0 Å². The number of aromatic nitrogens is 3. The van der Waals surface area contributed by atoms with Gasteiger partial charge in [-0.05, 0) is 235 Å². The zero-order valence-electron chi connectivity index (χ0n) is 52.4. The molecule has 2 saturated heterocycles. The van der Waals surface area contributed by atoms with Crippen LogP contribution in [0.15, 0.2) is 142 Å². The van der Waals surface area contributed by atoms with Crippen LogP contribution >= 0.6 is 12.4 Å². The van der Waals surface area contributed by atoms with Crippen LogP contribution in [0.1, 0.15) is 109 Å². The number of rotatable bonds is 15. The van der Waals surface area contributed by atoms with E-state index < -0.39 is 59.5 Å². The Kier molecular flexibility index (Phi) is 20.5. The number of fused-ring (bicyclic) bond motifs is 5. The van der Waals surface area contributed by atoms with Crippen molar-refractivity contribution >= 4 is 87.1 Å². The van der Waals surface area contributed by atoms with Gasteiger partial charge in [0, 0.05) is 88.6 Å². The van der Waals surface area contributed by atoms with Crippen LogP contribution in [0, 0.1) is 68.6 Å². The number of carboxylic acids is 2. The Labute approximate surface area is 549 Å². The highest BCUT2D eigenvalue weighted by molar-refractivity contribution is 7.89. The summed E-state index contributed by atoms with van der Waals surface area (Å²) in [4.78, 5) is 22.7. The number of nitrogens with zero attached hydrogens (tertiary/aromatic N) is 5. The highest BCUT2D eigenvalue weighted by atomic mass is 35.5. The van der Waals surface area contributed by atoms with Crippen molar-refractivity contribution in [3.63, 3.8) is 0 Å². The van der Waals surface area contributed by atoms with E-state index in [-0.39, 0.29) is 88.7 Å². The summed E-state index contributed by atoms with van der Waals surface area (Å²) in [7, 11) is -11.2. The van der Waals surface area contributed by atoms with Crippen molar-refractivity contribution in [1.82, 2.24) is 27.0 Å². The maximum atomic E-state index is 14.3. The second kappa shape index (κ2) is 27.7. The fourth-order valence-corrected chi connectivity index (χ4v) is 19.5. The first-order valence-electron chi connectivity index (χ1n) is 31.0. The molecule has 2 saturated carbocycles. The van der Waals surface area contributed by atoms with Crippen LogP contribution in [-0.2, 0) is 59.3 Å². The molecule has 0 spiro atoms. The van der Waals surface area contributed by atoms with Crippen LogP contribution in [0.3, 0.4) is 0 Å². The van der Waals surface area contributed by atoms with Crippen LogP contribution in [0.4, 0.5) is 22.0 Å². The van der Waals surface area contributed by atoms with Gasteiger partial charge >= 0.3 is 11.9 Å². The monoisotopic (exact) mass is 1370 g/mol. The summed E-state index contributed by atoms with van der Waals surface area (Å²) in [6, 6.07) is 30.9. The largest absolute Gasteiger partial charge is 0.480 e. The predicted octanol–water partition coefficient (Wildman–Crippen LogP) is 13.5. The van der Waals surface area contributed by atoms with E-state index in [0.717, 1.165) is 71.4 Å². The van der Waals surface area contributed by atoms with Gasteiger partial charge in [-0.25, -0.2) is 51.9 Å². The first-order valence-corrected chi connectivity index (χ1v) is 35.4. The lowest BCUT2D eigenvalue weighted by Gasteiger charge is -2.31. The lowest BCUT2D eigenvalue weighted by atomic mass is 9.80. The van der Waals surface area contributed by atoms with Crippen molar-refractivity contribution in [3.8, 4) is 0 Å².